The van der Waals surface area contributed by atoms with Gasteiger partial charge in [-0.05, 0) is 19.3 Å². The molecule has 4 rings (SSSR count). The van der Waals surface area contributed by atoms with E-state index in [0.29, 0.717) is 25.5 Å². The molecule has 2 fully saturated rings. The highest BCUT2D eigenvalue weighted by Crippen LogP contribution is 2.33. The molecule has 0 bridgehead atoms. The van der Waals surface area contributed by atoms with Gasteiger partial charge in [0, 0.05) is 50.8 Å². The molecule has 2 aromatic rings. The van der Waals surface area contributed by atoms with Gasteiger partial charge in [0.1, 0.15) is 5.52 Å². The first-order valence-corrected chi connectivity index (χ1v) is 9.84. The van der Waals surface area contributed by atoms with Crippen LogP contribution >= 0.6 is 0 Å². The van der Waals surface area contributed by atoms with Gasteiger partial charge in [0.2, 0.25) is 11.8 Å². The Morgan fingerprint density at radius 3 is 2.74 bits per heavy atom. The van der Waals surface area contributed by atoms with Crippen molar-refractivity contribution in [2.24, 2.45) is 5.92 Å². The Morgan fingerprint density at radius 2 is 1.96 bits per heavy atom. The molecule has 0 unspecified atom stereocenters. The zero-order valence-electron chi connectivity index (χ0n) is 15.7. The first-order chi connectivity index (χ1) is 13.1. The van der Waals surface area contributed by atoms with E-state index in [0.717, 1.165) is 42.7 Å². The number of nitrogens with zero attached hydrogens (tertiary/aromatic N) is 5. The minimum atomic E-state index is -0.0605. The molecular weight excluding hydrogens is 344 g/mol. The Hall–Kier alpha value is -2.51. The number of carbonyl (C=O) groups is 2. The van der Waals surface area contributed by atoms with Crippen LogP contribution in [0, 0.1) is 5.92 Å². The molecule has 1 saturated carbocycles. The number of hydrogen-bond donors (Lipinski definition) is 1. The Balaban J connectivity index is 1.51. The number of nitrogens with one attached hydrogen (secondary N) is 1. The van der Waals surface area contributed by atoms with Crippen LogP contribution in [0.5, 0.6) is 0 Å². The number of likely N-dealkylation sites (tertiary alicyclic amines) is 1. The second-order valence-electron chi connectivity index (χ2n) is 7.57. The number of fused-ring (bicyclic) bond motifs is 1. The summed E-state index contributed by atoms with van der Waals surface area (Å²) in [6, 6.07) is 0. The van der Waals surface area contributed by atoms with Gasteiger partial charge in [0.15, 0.2) is 5.65 Å². The molecule has 8 heteroatoms. The minimum Gasteiger partial charge on any atom is -0.354 e. The molecule has 1 aliphatic carbocycles. The van der Waals surface area contributed by atoms with E-state index in [-0.39, 0.29) is 17.7 Å². The SMILES string of the molecule is CC(=O)NCCn1nc([C@@H]2CCN(C(=O)C3CCCC3)C2)c2nccnc21. The molecule has 1 aliphatic heterocycles. The molecule has 144 valence electrons. The topological polar surface area (TPSA) is 93.0 Å². The summed E-state index contributed by atoms with van der Waals surface area (Å²) in [6.07, 6.45) is 8.67. The van der Waals surface area contributed by atoms with E-state index in [1.165, 1.54) is 19.8 Å². The van der Waals surface area contributed by atoms with E-state index in [4.69, 9.17) is 5.10 Å². The van der Waals surface area contributed by atoms with Crippen LogP contribution in [0.1, 0.15) is 50.6 Å². The average Bonchev–Trinajstić information content (AvgIpc) is 3.41. The maximum atomic E-state index is 12.7. The van der Waals surface area contributed by atoms with Crippen LogP contribution in [-0.4, -0.2) is 56.1 Å². The first-order valence-electron chi connectivity index (χ1n) is 9.84. The van der Waals surface area contributed by atoms with E-state index < -0.39 is 0 Å². The summed E-state index contributed by atoms with van der Waals surface area (Å²) in [5, 5.41) is 7.55. The van der Waals surface area contributed by atoms with Crippen molar-refractivity contribution in [2.45, 2.75) is 51.5 Å². The lowest BCUT2D eigenvalue weighted by Gasteiger charge is -2.20. The molecule has 1 atom stereocenters. The summed E-state index contributed by atoms with van der Waals surface area (Å²) in [6.45, 7) is 4.05. The molecule has 2 aromatic heterocycles. The van der Waals surface area contributed by atoms with Crippen LogP contribution in [0.2, 0.25) is 0 Å². The molecule has 0 spiro atoms. The monoisotopic (exact) mass is 370 g/mol. The molecule has 0 aromatic carbocycles. The van der Waals surface area contributed by atoms with Crippen molar-refractivity contribution in [3.63, 3.8) is 0 Å². The van der Waals surface area contributed by atoms with Crippen molar-refractivity contribution in [1.82, 2.24) is 30.0 Å². The van der Waals surface area contributed by atoms with Crippen molar-refractivity contribution in [2.75, 3.05) is 19.6 Å². The van der Waals surface area contributed by atoms with Crippen LogP contribution in [0.15, 0.2) is 12.4 Å². The average molecular weight is 370 g/mol. The Labute approximate surface area is 158 Å². The number of hydrogen-bond acceptors (Lipinski definition) is 5. The molecule has 2 amide bonds. The summed E-state index contributed by atoms with van der Waals surface area (Å²) in [5.41, 5.74) is 2.46. The predicted octanol–water partition coefficient (Wildman–Crippen LogP) is 1.47. The molecule has 2 aliphatic rings. The maximum Gasteiger partial charge on any atom is 0.225 e. The molecule has 27 heavy (non-hydrogen) atoms. The van der Waals surface area contributed by atoms with E-state index in [1.54, 1.807) is 12.4 Å². The highest BCUT2D eigenvalue weighted by atomic mass is 16.2. The zero-order valence-corrected chi connectivity index (χ0v) is 15.7. The Kier molecular flexibility index (Phi) is 5.05. The molecule has 3 heterocycles. The molecule has 8 nitrogen and oxygen atoms in total. The van der Waals surface area contributed by atoms with Crippen molar-refractivity contribution in [3.05, 3.63) is 18.1 Å². The van der Waals surface area contributed by atoms with Gasteiger partial charge in [0.25, 0.3) is 0 Å². The number of amides is 2. The Bertz CT molecular complexity index is 842. The van der Waals surface area contributed by atoms with Crippen molar-refractivity contribution >= 4 is 23.0 Å². The van der Waals surface area contributed by atoms with Gasteiger partial charge < -0.3 is 10.2 Å². The minimum absolute atomic E-state index is 0.0605. The van der Waals surface area contributed by atoms with Gasteiger partial charge in [-0.15, -0.1) is 0 Å². The fourth-order valence-corrected chi connectivity index (χ4v) is 4.31. The summed E-state index contributed by atoms with van der Waals surface area (Å²) in [7, 11) is 0. The van der Waals surface area contributed by atoms with E-state index in [2.05, 4.69) is 15.3 Å². The van der Waals surface area contributed by atoms with Crippen LogP contribution in [0.4, 0.5) is 0 Å². The van der Waals surface area contributed by atoms with Crippen LogP contribution in [0.25, 0.3) is 11.2 Å². The lowest BCUT2D eigenvalue weighted by Crippen LogP contribution is -2.33. The predicted molar refractivity (Wildman–Crippen MR) is 99.9 cm³/mol. The van der Waals surface area contributed by atoms with Crippen molar-refractivity contribution in [1.29, 1.82) is 0 Å². The smallest absolute Gasteiger partial charge is 0.225 e. The van der Waals surface area contributed by atoms with Gasteiger partial charge in [0.05, 0.1) is 12.2 Å². The lowest BCUT2D eigenvalue weighted by molar-refractivity contribution is -0.134. The van der Waals surface area contributed by atoms with Gasteiger partial charge in [-0.1, -0.05) is 12.8 Å². The molecular formula is C19H26N6O2. The van der Waals surface area contributed by atoms with Crippen molar-refractivity contribution < 1.29 is 9.59 Å². The largest absolute Gasteiger partial charge is 0.354 e. The highest BCUT2D eigenvalue weighted by molar-refractivity contribution is 5.80. The van der Waals surface area contributed by atoms with Gasteiger partial charge >= 0.3 is 0 Å². The third kappa shape index (κ3) is 3.65. The quantitative estimate of drug-likeness (QED) is 0.860. The molecule has 1 N–H and O–H groups in total. The van der Waals surface area contributed by atoms with Crippen LogP contribution in [-0.2, 0) is 16.1 Å². The summed E-state index contributed by atoms with van der Waals surface area (Å²) in [4.78, 5) is 34.8. The summed E-state index contributed by atoms with van der Waals surface area (Å²) >= 11 is 0. The third-order valence-corrected chi connectivity index (χ3v) is 5.68. The molecule has 0 radical (unpaired) electrons. The van der Waals surface area contributed by atoms with E-state index in [9.17, 15) is 9.59 Å². The zero-order chi connectivity index (χ0) is 18.8. The van der Waals surface area contributed by atoms with Gasteiger partial charge in [-0.3, -0.25) is 9.59 Å². The second-order valence-corrected chi connectivity index (χ2v) is 7.57. The van der Waals surface area contributed by atoms with E-state index >= 15 is 0 Å². The number of rotatable bonds is 5. The van der Waals surface area contributed by atoms with Crippen LogP contribution < -0.4 is 5.32 Å². The second kappa shape index (κ2) is 7.62. The summed E-state index contributed by atoms with van der Waals surface area (Å²) < 4.78 is 1.81. The molecule has 1 saturated heterocycles. The highest BCUT2D eigenvalue weighted by Gasteiger charge is 2.35. The fraction of sp³-hybridized carbons (Fsp3) is 0.632. The Morgan fingerprint density at radius 1 is 1.19 bits per heavy atom. The fourth-order valence-electron chi connectivity index (χ4n) is 4.31. The first kappa shape index (κ1) is 17.9. The summed E-state index contributed by atoms with van der Waals surface area (Å²) in [5.74, 6) is 0.664. The lowest BCUT2D eigenvalue weighted by atomic mass is 10.0. The number of aromatic nitrogens is 4. The van der Waals surface area contributed by atoms with Gasteiger partial charge in [-0.2, -0.15) is 5.10 Å². The van der Waals surface area contributed by atoms with E-state index in [1.807, 2.05) is 9.58 Å². The normalized spacial score (nSPS) is 20.5. The third-order valence-electron chi connectivity index (χ3n) is 5.68. The number of carbonyl (C=O) groups excluding carboxylic acids is 2. The van der Waals surface area contributed by atoms with Gasteiger partial charge in [-0.25, -0.2) is 14.6 Å². The maximum absolute atomic E-state index is 12.7. The van der Waals surface area contributed by atoms with Crippen molar-refractivity contribution in [3.8, 4) is 0 Å². The standard InChI is InChI=1S/C19H26N6O2/c1-13(26)20-9-11-25-18-17(21-7-8-22-18)16(23-25)15-6-10-24(12-15)19(27)14-4-2-3-5-14/h7-8,14-15H,2-6,9-12H2,1H3,(H,20,26)/t15-/m1/s1. The van der Waals surface area contributed by atoms with Crippen LogP contribution in [0.3, 0.4) is 0 Å².